The molecule has 0 radical (unpaired) electrons. The van der Waals surface area contributed by atoms with Gasteiger partial charge in [-0.2, -0.15) is 0 Å². The van der Waals surface area contributed by atoms with E-state index in [0.29, 0.717) is 58.7 Å². The van der Waals surface area contributed by atoms with E-state index in [0.717, 1.165) is 146 Å². The van der Waals surface area contributed by atoms with E-state index in [9.17, 15) is 33.6 Å². The van der Waals surface area contributed by atoms with Crippen LogP contribution >= 0.6 is 0 Å². The maximum absolute atomic E-state index is 11.5. The van der Waals surface area contributed by atoms with Gasteiger partial charge < -0.3 is 19.1 Å². The molecule has 3 saturated carbocycles. The summed E-state index contributed by atoms with van der Waals surface area (Å²) in [5.41, 5.74) is 18.1. The van der Waals surface area contributed by atoms with Crippen molar-refractivity contribution in [1.82, 2.24) is 0 Å². The predicted octanol–water partition coefficient (Wildman–Crippen LogP) is 26.5. The topological polar surface area (TPSA) is 138 Å². The molecule has 0 saturated heterocycles. The third-order valence-electron chi connectivity index (χ3n) is 24.7. The van der Waals surface area contributed by atoms with E-state index in [4.69, 9.17) is 9.47 Å². The summed E-state index contributed by atoms with van der Waals surface area (Å²) in [4.78, 5) is 75.7. The van der Waals surface area contributed by atoms with Gasteiger partial charge in [-0.05, 0) is 278 Å². The largest absolute Gasteiger partial charge is 0.496 e. The van der Waals surface area contributed by atoms with Gasteiger partial charge in [-0.1, -0.05) is 252 Å². The van der Waals surface area contributed by atoms with Gasteiger partial charge in [-0.3, -0.25) is 24.0 Å². The highest BCUT2D eigenvalue weighted by Crippen LogP contribution is 2.70. The molecule has 4 bridgehead atoms. The summed E-state index contributed by atoms with van der Waals surface area (Å²) in [6.07, 6.45) is 38.1. The normalized spacial score (nSPS) is 21.2. The van der Waals surface area contributed by atoms with E-state index in [1.54, 1.807) is 37.5 Å². The minimum absolute atomic E-state index is 0.0572. The Hall–Kier alpha value is -7.91. The lowest BCUT2D eigenvalue weighted by atomic mass is 9.58. The van der Waals surface area contributed by atoms with E-state index in [-0.39, 0.29) is 27.1 Å². The molecule has 5 aromatic carbocycles. The molecule has 606 valence electrons. The first-order valence-electron chi connectivity index (χ1n) is 41.5. The monoisotopic (exact) mass is 1510 g/mol. The fourth-order valence-corrected chi connectivity index (χ4v) is 17.6. The number of carbonyl (C=O) groups is 7. The van der Waals surface area contributed by atoms with Crippen molar-refractivity contribution in [3.63, 3.8) is 0 Å². The molecule has 5 aliphatic carbocycles. The van der Waals surface area contributed by atoms with Crippen LogP contribution in [0.5, 0.6) is 11.5 Å². The van der Waals surface area contributed by atoms with Gasteiger partial charge in [0.2, 0.25) is 0 Å². The number of fused-ring (bicyclic) bond motifs is 2. The lowest BCUT2D eigenvalue weighted by molar-refractivity contribution is -0.117. The van der Waals surface area contributed by atoms with Gasteiger partial charge in [-0.15, -0.1) is 0 Å². The van der Waals surface area contributed by atoms with Crippen molar-refractivity contribution in [2.75, 3.05) is 13.7 Å². The molecule has 5 aliphatic rings. The molecule has 9 nitrogen and oxygen atoms in total. The van der Waals surface area contributed by atoms with Gasteiger partial charge in [0.15, 0.2) is 6.29 Å². The van der Waals surface area contributed by atoms with E-state index < -0.39 is 0 Å². The van der Waals surface area contributed by atoms with Crippen LogP contribution in [0.25, 0.3) is 12.2 Å². The molecule has 0 N–H and O–H groups in total. The molecule has 0 aromatic heterocycles. The highest BCUT2D eigenvalue weighted by molar-refractivity contribution is 5.84. The Labute approximate surface area is 673 Å². The van der Waals surface area contributed by atoms with Crippen molar-refractivity contribution >= 4 is 56.2 Å². The van der Waals surface area contributed by atoms with E-state index in [2.05, 4.69) is 188 Å². The third kappa shape index (κ3) is 28.0. The zero-order valence-electron chi connectivity index (χ0n) is 73.0. The van der Waals surface area contributed by atoms with Gasteiger partial charge in [0.1, 0.15) is 55.8 Å². The molecule has 0 spiro atoms. The Kier molecular flexibility index (Phi) is 38.3. The first-order chi connectivity index (χ1) is 52.3. The SMILES string of the molecule is C/C(C=O)=C\c1ccc(C(C)(C)C)cc1.C=CCOc1ccc(C=O)cc1.CC(C)=CCC/C(C)=C/CCC(C)CC=O.CC1(C)CCCC2(C)C(C=O)C3CCC2C31.CC1CC(C)(C)c2ccc(C=O)cc2C1(C)C.CCCCCC/C(C=O)=C\c1ccccc1.COc1c(C=O)c(C)cc2c1C(C)(C)CCC2(C)C. The summed E-state index contributed by atoms with van der Waals surface area (Å²) < 4.78 is 10.8. The van der Waals surface area contributed by atoms with Gasteiger partial charge in [0.05, 0.1) is 12.7 Å². The van der Waals surface area contributed by atoms with Crippen molar-refractivity contribution in [1.29, 1.82) is 0 Å². The highest BCUT2D eigenvalue weighted by Gasteiger charge is 2.64. The standard InChI is InChI=1S/C17H24O2.C16H22O.C15H24O.C15H20O.C15H26O.C14H18O.C10H10O2/c1-11-9-13-14(15(19-6)12(11)10-18)17(4,5)8-7-16(13,2)3;1-11-9-15(2,3)13-7-6-12(10-17)8-14(13)16(11,4)5;1-14(2)7-4-8-15(3)11-6-5-10(13(11)14)12(15)9-16;1-2-3-4-6-11-15(13-16)12-14-9-7-5-8-10-14;1-13(2)7-5-8-14(3)9-6-10-15(4)11-12-16;1-11(10-15)9-12-5-7-13(8-6-12)14(2,3)4;1-2-7-12-10-5-3-9(8-11)4-6-10/h9-10H,7-8H2,1-6H3;6-8,10-11H,9H2,1-5H3;9-13H,4-8H2,1-3H3;5,7-10,12-13H,2-4,6,11H2,1H3;7,9,12,15H,5-6,8,10-11H2,1-4H3;5-10H,1-4H3;2-6,8H,1,7H2/b;;;15-12+;14-9+;11-9+;. The molecule has 9 heteroatoms. The van der Waals surface area contributed by atoms with Gasteiger partial charge in [0, 0.05) is 29.0 Å². The zero-order valence-corrected chi connectivity index (χ0v) is 73.0. The molecule has 5 aromatic rings. The van der Waals surface area contributed by atoms with Crippen molar-refractivity contribution in [3.05, 3.63) is 211 Å². The summed E-state index contributed by atoms with van der Waals surface area (Å²) in [5.74, 6) is 5.44. The number of rotatable bonds is 25. The lowest BCUT2D eigenvalue weighted by Gasteiger charge is -2.46. The average molecular weight is 1510 g/mol. The molecule has 111 heavy (non-hydrogen) atoms. The summed E-state index contributed by atoms with van der Waals surface area (Å²) in [6, 6.07) is 33.6. The fraction of sp³-hybridized carbons (Fsp3) is 0.539. The molecule has 7 atom stereocenters. The van der Waals surface area contributed by atoms with Crippen molar-refractivity contribution in [3.8, 4) is 11.5 Å². The number of ether oxygens (including phenoxy) is 2. The van der Waals surface area contributed by atoms with E-state index >= 15 is 0 Å². The highest BCUT2D eigenvalue weighted by atomic mass is 16.5. The zero-order chi connectivity index (χ0) is 83.1. The number of carbonyl (C=O) groups excluding carboxylic acids is 7. The average Bonchev–Trinajstić information content (AvgIpc) is 1.51. The van der Waals surface area contributed by atoms with Crippen LogP contribution in [-0.2, 0) is 46.3 Å². The van der Waals surface area contributed by atoms with Crippen LogP contribution in [0.15, 0.2) is 150 Å². The maximum Gasteiger partial charge on any atom is 0.154 e. The number of aldehydes is 7. The van der Waals surface area contributed by atoms with Crippen LogP contribution < -0.4 is 9.47 Å². The Morgan fingerprint density at radius 1 is 0.631 bits per heavy atom. The van der Waals surface area contributed by atoms with Gasteiger partial charge in [0.25, 0.3) is 0 Å². The molecular formula is C102H144O9. The Balaban J connectivity index is 0.000000274. The third-order valence-corrected chi connectivity index (χ3v) is 24.7. The first-order valence-corrected chi connectivity index (χ1v) is 41.5. The van der Waals surface area contributed by atoms with Crippen LogP contribution in [0.3, 0.4) is 0 Å². The van der Waals surface area contributed by atoms with Crippen LogP contribution in [0.4, 0.5) is 0 Å². The molecule has 7 unspecified atom stereocenters. The number of benzene rings is 5. The second-order valence-corrected chi connectivity index (χ2v) is 37.1. The molecule has 0 amide bonds. The number of allylic oxidation sites excluding steroid dienone is 6. The number of aryl methyl sites for hydroxylation is 1. The summed E-state index contributed by atoms with van der Waals surface area (Å²) in [7, 11) is 1.67. The minimum atomic E-state index is 0.0572. The predicted molar refractivity (Wildman–Crippen MR) is 468 cm³/mol. The van der Waals surface area contributed by atoms with Crippen LogP contribution in [0.2, 0.25) is 0 Å². The molecule has 3 fully saturated rings. The van der Waals surface area contributed by atoms with E-state index in [1.807, 2.05) is 74.5 Å². The second-order valence-electron chi connectivity index (χ2n) is 37.1. The molecule has 10 rings (SSSR count). The molecule has 0 heterocycles. The van der Waals surface area contributed by atoms with Crippen LogP contribution in [-0.4, -0.2) is 57.7 Å². The van der Waals surface area contributed by atoms with E-state index in [1.165, 1.54) is 103 Å². The lowest BCUT2D eigenvalue weighted by Crippen LogP contribution is -2.40. The molecule has 0 aliphatic heterocycles. The van der Waals surface area contributed by atoms with Crippen LogP contribution in [0, 0.1) is 53.3 Å². The first kappa shape index (κ1) is 95.5. The summed E-state index contributed by atoms with van der Waals surface area (Å²) >= 11 is 0. The van der Waals surface area contributed by atoms with Gasteiger partial charge >= 0.3 is 0 Å². The number of hydrogen-bond donors (Lipinski definition) is 0. The minimum Gasteiger partial charge on any atom is -0.496 e. The fourth-order valence-electron chi connectivity index (χ4n) is 17.6. The smallest absolute Gasteiger partial charge is 0.154 e. The van der Waals surface area contributed by atoms with Crippen molar-refractivity contribution in [2.45, 2.75) is 295 Å². The Morgan fingerprint density at radius 3 is 1.81 bits per heavy atom. The maximum atomic E-state index is 11.5. The Morgan fingerprint density at radius 2 is 1.25 bits per heavy atom. The number of methoxy groups -OCH3 is 1. The van der Waals surface area contributed by atoms with Crippen molar-refractivity contribution in [2.24, 2.45) is 46.3 Å². The quantitative estimate of drug-likeness (QED) is 0.0242. The van der Waals surface area contributed by atoms with Crippen molar-refractivity contribution < 1.29 is 43.0 Å². The van der Waals surface area contributed by atoms with Crippen LogP contribution in [0.1, 0.15) is 337 Å². The number of hydrogen-bond acceptors (Lipinski definition) is 9. The second kappa shape index (κ2) is 44.5. The Bertz CT molecular complexity index is 3910. The summed E-state index contributed by atoms with van der Waals surface area (Å²) in [5, 5.41) is 0. The summed E-state index contributed by atoms with van der Waals surface area (Å²) in [6.45, 7) is 53.0. The number of unbranched alkanes of at least 4 members (excludes halogenated alkanes) is 3. The van der Waals surface area contributed by atoms with Gasteiger partial charge in [-0.25, -0.2) is 0 Å². The molecular weight excluding hydrogens is 1370 g/mol.